The van der Waals surface area contributed by atoms with Gasteiger partial charge in [0.25, 0.3) is 5.91 Å². The molecule has 0 bridgehead atoms. The number of aliphatic hydroxyl groups is 1. The Kier molecular flexibility index (Phi) is 5.50. The Morgan fingerprint density at radius 1 is 1.45 bits per heavy atom. The topological polar surface area (TPSA) is 53.4 Å². The van der Waals surface area contributed by atoms with E-state index in [0.29, 0.717) is 5.56 Å². The van der Waals surface area contributed by atoms with Crippen molar-refractivity contribution >= 4 is 17.7 Å². The van der Waals surface area contributed by atoms with Gasteiger partial charge in [0.15, 0.2) is 0 Å². The summed E-state index contributed by atoms with van der Waals surface area (Å²) in [5.74, 6) is 0.00348. The van der Waals surface area contributed by atoms with Gasteiger partial charge >= 0.3 is 0 Å². The molecular weight excluding hydrogens is 296 g/mol. The Morgan fingerprint density at radius 2 is 2.18 bits per heavy atom. The second-order valence-corrected chi connectivity index (χ2v) is 8.75. The van der Waals surface area contributed by atoms with Gasteiger partial charge < -0.3 is 10.0 Å². The lowest BCUT2D eigenvalue weighted by Crippen LogP contribution is -2.48. The maximum Gasteiger partial charge on any atom is 0.254 e. The summed E-state index contributed by atoms with van der Waals surface area (Å²) in [5, 5.41) is 10.8. The van der Waals surface area contributed by atoms with E-state index in [9.17, 15) is 9.90 Å². The van der Waals surface area contributed by atoms with Crippen molar-refractivity contribution in [2.24, 2.45) is 0 Å². The summed E-state index contributed by atoms with van der Waals surface area (Å²) in [7, 11) is 0. The minimum atomic E-state index is -0.491. The number of thioether (sulfide) groups is 1. The third-order valence-electron chi connectivity index (χ3n) is 3.76. The summed E-state index contributed by atoms with van der Waals surface area (Å²) >= 11 is 1.65. The van der Waals surface area contributed by atoms with Crippen molar-refractivity contribution in [2.45, 2.75) is 68.9 Å². The van der Waals surface area contributed by atoms with Crippen molar-refractivity contribution in [1.82, 2.24) is 9.88 Å². The van der Waals surface area contributed by atoms with Gasteiger partial charge in [-0.25, -0.2) is 4.98 Å². The van der Waals surface area contributed by atoms with Crippen molar-refractivity contribution in [3.8, 4) is 0 Å². The third-order valence-corrected chi connectivity index (χ3v) is 4.80. The summed E-state index contributed by atoms with van der Waals surface area (Å²) in [6, 6.07) is 3.56. The maximum atomic E-state index is 12.8. The molecule has 2 atom stereocenters. The van der Waals surface area contributed by atoms with Crippen LogP contribution in [-0.2, 0) is 0 Å². The van der Waals surface area contributed by atoms with Gasteiger partial charge in [-0.2, -0.15) is 0 Å². The number of carbonyl (C=O) groups excluding carboxylic acids is 1. The molecule has 0 aromatic carbocycles. The van der Waals surface area contributed by atoms with Crippen LogP contribution in [0.25, 0.3) is 0 Å². The first-order valence-corrected chi connectivity index (χ1v) is 8.74. The molecule has 2 unspecified atom stereocenters. The van der Waals surface area contributed by atoms with Gasteiger partial charge in [-0.1, -0.05) is 20.8 Å². The molecular formula is C17H26N2O2S. The molecule has 1 N–H and O–H groups in total. The molecule has 2 heterocycles. The van der Waals surface area contributed by atoms with E-state index in [0.717, 1.165) is 30.8 Å². The zero-order chi connectivity index (χ0) is 16.3. The van der Waals surface area contributed by atoms with Gasteiger partial charge in [0.05, 0.1) is 17.2 Å². The van der Waals surface area contributed by atoms with Crippen molar-refractivity contribution in [3.63, 3.8) is 0 Å². The van der Waals surface area contributed by atoms with Crippen molar-refractivity contribution in [2.75, 3.05) is 6.54 Å². The van der Waals surface area contributed by atoms with E-state index < -0.39 is 6.10 Å². The lowest BCUT2D eigenvalue weighted by Gasteiger charge is -2.37. The quantitative estimate of drug-likeness (QED) is 0.867. The Balaban J connectivity index is 2.19. The molecule has 1 aromatic heterocycles. The number of hydrogen-bond acceptors (Lipinski definition) is 4. The minimum absolute atomic E-state index is 0.00348. The average Bonchev–Trinajstić information content (AvgIpc) is 2.45. The number of hydrogen-bond donors (Lipinski definition) is 1. The average molecular weight is 322 g/mol. The molecule has 0 saturated carbocycles. The molecule has 0 spiro atoms. The van der Waals surface area contributed by atoms with E-state index in [1.165, 1.54) is 0 Å². The van der Waals surface area contributed by atoms with Gasteiger partial charge in [0.1, 0.15) is 0 Å². The molecule has 1 amide bonds. The van der Waals surface area contributed by atoms with Gasteiger partial charge in [-0.3, -0.25) is 4.79 Å². The smallest absolute Gasteiger partial charge is 0.254 e. The van der Waals surface area contributed by atoms with E-state index >= 15 is 0 Å². The van der Waals surface area contributed by atoms with Crippen LogP contribution in [0.2, 0.25) is 0 Å². The largest absolute Gasteiger partial charge is 0.391 e. The van der Waals surface area contributed by atoms with E-state index in [2.05, 4.69) is 25.8 Å². The van der Waals surface area contributed by atoms with Crippen LogP contribution < -0.4 is 0 Å². The SMILES string of the molecule is CC(O)C1CCCCN1C(=O)c1ccnc(SC(C)(C)C)c1. The number of nitrogens with zero attached hydrogens (tertiary/aromatic N) is 2. The van der Waals surface area contributed by atoms with Gasteiger partial charge in [0.2, 0.25) is 0 Å². The van der Waals surface area contributed by atoms with Crippen LogP contribution in [0.1, 0.15) is 57.3 Å². The standard InChI is InChI=1S/C17H26N2O2S/c1-12(20)14-7-5-6-10-19(14)16(21)13-8-9-18-15(11-13)22-17(2,3)4/h8-9,11-12,14,20H,5-7,10H2,1-4H3. The van der Waals surface area contributed by atoms with Gasteiger partial charge in [0, 0.05) is 23.1 Å². The van der Waals surface area contributed by atoms with Crippen molar-refractivity contribution < 1.29 is 9.90 Å². The Bertz CT molecular complexity index is 526. The first kappa shape index (κ1) is 17.3. The minimum Gasteiger partial charge on any atom is -0.391 e. The normalized spacial score (nSPS) is 20.8. The second-order valence-electron chi connectivity index (χ2n) is 6.90. The van der Waals surface area contributed by atoms with Crippen LogP contribution in [0, 0.1) is 0 Å². The fourth-order valence-electron chi connectivity index (χ4n) is 2.79. The molecule has 1 aliphatic heterocycles. The summed E-state index contributed by atoms with van der Waals surface area (Å²) < 4.78 is 0.0575. The summed E-state index contributed by atoms with van der Waals surface area (Å²) in [4.78, 5) is 19.0. The second kappa shape index (κ2) is 7.01. The van der Waals surface area contributed by atoms with Crippen molar-refractivity contribution in [3.05, 3.63) is 23.9 Å². The molecule has 0 aliphatic carbocycles. The first-order valence-electron chi connectivity index (χ1n) is 7.92. The lowest BCUT2D eigenvalue weighted by molar-refractivity contribution is 0.0280. The number of rotatable bonds is 3. The van der Waals surface area contributed by atoms with Gasteiger partial charge in [-0.05, 0) is 38.3 Å². The molecule has 22 heavy (non-hydrogen) atoms. The third kappa shape index (κ3) is 4.46. The van der Waals surface area contributed by atoms with Crippen LogP contribution >= 0.6 is 11.8 Å². The van der Waals surface area contributed by atoms with Crippen LogP contribution in [-0.4, -0.2) is 44.3 Å². The zero-order valence-electron chi connectivity index (χ0n) is 13.9. The highest BCUT2D eigenvalue weighted by atomic mass is 32.2. The highest BCUT2D eigenvalue weighted by Gasteiger charge is 2.30. The molecule has 4 nitrogen and oxygen atoms in total. The highest BCUT2D eigenvalue weighted by Crippen LogP contribution is 2.31. The monoisotopic (exact) mass is 322 g/mol. The van der Waals surface area contributed by atoms with Crippen LogP contribution in [0.5, 0.6) is 0 Å². The van der Waals surface area contributed by atoms with E-state index in [1.807, 2.05) is 11.0 Å². The number of carbonyl (C=O) groups is 1. The van der Waals surface area contributed by atoms with E-state index in [-0.39, 0.29) is 16.7 Å². The van der Waals surface area contributed by atoms with Crippen molar-refractivity contribution in [1.29, 1.82) is 0 Å². The first-order chi connectivity index (χ1) is 10.3. The van der Waals surface area contributed by atoms with E-state index in [1.54, 1.807) is 30.9 Å². The molecule has 1 saturated heterocycles. The summed E-state index contributed by atoms with van der Waals surface area (Å²) in [6.45, 7) is 8.87. The molecule has 2 rings (SSSR count). The maximum absolute atomic E-state index is 12.8. The number of piperidine rings is 1. The van der Waals surface area contributed by atoms with E-state index in [4.69, 9.17) is 0 Å². The predicted molar refractivity (Wildman–Crippen MR) is 90.2 cm³/mol. The molecule has 0 radical (unpaired) electrons. The van der Waals surface area contributed by atoms with Crippen LogP contribution in [0.4, 0.5) is 0 Å². The molecule has 1 fully saturated rings. The number of aliphatic hydroxyl groups excluding tert-OH is 1. The summed E-state index contributed by atoms with van der Waals surface area (Å²) in [6.07, 6.45) is 4.15. The number of pyridine rings is 1. The van der Waals surface area contributed by atoms with Crippen LogP contribution in [0.3, 0.4) is 0 Å². The summed E-state index contributed by atoms with van der Waals surface area (Å²) in [5.41, 5.74) is 0.661. The molecule has 122 valence electrons. The molecule has 5 heteroatoms. The predicted octanol–water partition coefficient (Wildman–Crippen LogP) is 3.35. The fraction of sp³-hybridized carbons (Fsp3) is 0.647. The Morgan fingerprint density at radius 3 is 2.82 bits per heavy atom. The lowest BCUT2D eigenvalue weighted by atomic mass is 9.97. The number of amides is 1. The fourth-order valence-corrected chi connectivity index (χ4v) is 3.72. The Hall–Kier alpha value is -1.07. The molecule has 1 aromatic rings. The number of aromatic nitrogens is 1. The van der Waals surface area contributed by atoms with Gasteiger partial charge in [-0.15, -0.1) is 11.8 Å². The highest BCUT2D eigenvalue weighted by molar-refractivity contribution is 8.00. The zero-order valence-corrected chi connectivity index (χ0v) is 14.7. The molecule has 1 aliphatic rings. The Labute approximate surface area is 137 Å². The van der Waals surface area contributed by atoms with Crippen LogP contribution in [0.15, 0.2) is 23.4 Å². The number of likely N-dealkylation sites (tertiary alicyclic amines) is 1.